The third-order valence-electron chi connectivity index (χ3n) is 4.12. The second kappa shape index (κ2) is 7.21. The van der Waals surface area contributed by atoms with Crippen LogP contribution in [0.5, 0.6) is 11.5 Å². The van der Waals surface area contributed by atoms with Gasteiger partial charge in [-0.15, -0.1) is 0 Å². The van der Waals surface area contributed by atoms with Gasteiger partial charge in [-0.05, 0) is 57.9 Å². The van der Waals surface area contributed by atoms with Gasteiger partial charge in [-0.2, -0.15) is 5.10 Å². The second-order valence-electron chi connectivity index (χ2n) is 6.63. The molecule has 0 aliphatic carbocycles. The van der Waals surface area contributed by atoms with Crippen LogP contribution in [0.3, 0.4) is 0 Å². The molecule has 24 heavy (non-hydrogen) atoms. The average Bonchev–Trinajstić information content (AvgIpc) is 3.03. The summed E-state index contributed by atoms with van der Waals surface area (Å²) < 4.78 is 16.9. The van der Waals surface area contributed by atoms with E-state index in [1.54, 1.807) is 0 Å². The molecule has 1 saturated heterocycles. The maximum absolute atomic E-state index is 5.76. The molecule has 2 heterocycles. The summed E-state index contributed by atoms with van der Waals surface area (Å²) in [6.45, 7) is 7.97. The molecule has 1 aliphatic heterocycles. The van der Waals surface area contributed by atoms with Crippen LogP contribution in [0.2, 0.25) is 0 Å². The molecule has 6 nitrogen and oxygen atoms in total. The maximum Gasteiger partial charge on any atom is 0.162 e. The van der Waals surface area contributed by atoms with Crippen LogP contribution in [0.25, 0.3) is 0 Å². The summed E-state index contributed by atoms with van der Waals surface area (Å²) in [6.07, 6.45) is 1.89. The Bertz CT molecular complexity index is 652. The van der Waals surface area contributed by atoms with Gasteiger partial charge >= 0.3 is 0 Å². The Morgan fingerprint density at radius 2 is 1.92 bits per heavy atom. The number of nitrogens with zero attached hydrogens (tertiary/aromatic N) is 2. The first-order valence-electron chi connectivity index (χ1n) is 8.46. The molecule has 0 unspecified atom stereocenters. The summed E-state index contributed by atoms with van der Waals surface area (Å²) in [6, 6.07) is 7.58. The molecule has 6 heteroatoms. The van der Waals surface area contributed by atoms with Gasteiger partial charge in [-0.1, -0.05) is 0 Å². The second-order valence-corrected chi connectivity index (χ2v) is 6.63. The van der Waals surface area contributed by atoms with E-state index in [4.69, 9.17) is 14.2 Å². The van der Waals surface area contributed by atoms with E-state index in [0.29, 0.717) is 19.1 Å². The number of aromatic nitrogens is 3. The predicted octanol–water partition coefficient (Wildman–Crippen LogP) is 3.46. The number of benzene rings is 1. The Labute approximate surface area is 142 Å². The molecule has 1 fully saturated rings. The molecule has 1 aromatic carbocycles. The fraction of sp³-hybridized carbons (Fsp3) is 0.556. The van der Waals surface area contributed by atoms with E-state index in [2.05, 4.69) is 29.0 Å². The minimum atomic E-state index is -0.109. The molecule has 0 saturated carbocycles. The average molecular weight is 331 g/mol. The minimum absolute atomic E-state index is 0.109. The normalized spacial score (nSPS) is 19.9. The van der Waals surface area contributed by atoms with Crippen molar-refractivity contribution in [2.45, 2.75) is 51.7 Å². The molecule has 2 aromatic rings. The van der Waals surface area contributed by atoms with Crippen LogP contribution in [0.4, 0.5) is 0 Å². The van der Waals surface area contributed by atoms with Crippen molar-refractivity contribution in [2.24, 2.45) is 0 Å². The van der Waals surface area contributed by atoms with Gasteiger partial charge in [-0.3, -0.25) is 5.10 Å². The highest BCUT2D eigenvalue weighted by molar-refractivity contribution is 5.31. The Morgan fingerprint density at radius 3 is 2.58 bits per heavy atom. The number of rotatable bonds is 6. The SMILES string of the molecule is CCOc1ccc(OCc2nc([C@H]3CCOC(C)(C)C3)n[nH]2)cc1. The predicted molar refractivity (Wildman–Crippen MR) is 90.3 cm³/mol. The van der Waals surface area contributed by atoms with Crippen molar-refractivity contribution in [3.05, 3.63) is 35.9 Å². The lowest BCUT2D eigenvalue weighted by Gasteiger charge is -2.34. The standard InChI is InChI=1S/C18H25N3O3/c1-4-22-14-5-7-15(8-6-14)23-12-16-19-17(21-20-16)13-9-10-24-18(2,3)11-13/h5-8,13H,4,9-12H2,1-3H3,(H,19,20,21)/t13-/m0/s1. The third-order valence-corrected chi connectivity index (χ3v) is 4.12. The van der Waals surface area contributed by atoms with Crippen molar-refractivity contribution in [1.29, 1.82) is 0 Å². The van der Waals surface area contributed by atoms with Gasteiger partial charge in [0.1, 0.15) is 18.1 Å². The van der Waals surface area contributed by atoms with Crippen LogP contribution in [0, 0.1) is 0 Å². The van der Waals surface area contributed by atoms with Crippen LogP contribution in [0.15, 0.2) is 24.3 Å². The summed E-state index contributed by atoms with van der Waals surface area (Å²) in [5, 5.41) is 7.35. The number of H-pyrrole nitrogens is 1. The molecule has 1 atom stereocenters. The summed E-state index contributed by atoms with van der Waals surface area (Å²) in [7, 11) is 0. The number of hydrogen-bond acceptors (Lipinski definition) is 5. The number of hydrogen-bond donors (Lipinski definition) is 1. The summed E-state index contributed by atoms with van der Waals surface area (Å²) in [4.78, 5) is 4.59. The summed E-state index contributed by atoms with van der Waals surface area (Å²) in [5.41, 5.74) is -0.109. The van der Waals surface area contributed by atoms with Crippen LogP contribution >= 0.6 is 0 Å². The Balaban J connectivity index is 1.56. The largest absolute Gasteiger partial charge is 0.494 e. The summed E-state index contributed by atoms with van der Waals surface area (Å²) in [5.74, 6) is 3.56. The van der Waals surface area contributed by atoms with Crippen LogP contribution in [-0.2, 0) is 11.3 Å². The number of aromatic amines is 1. The van der Waals surface area contributed by atoms with Crippen molar-refractivity contribution < 1.29 is 14.2 Å². The van der Waals surface area contributed by atoms with Gasteiger partial charge in [0.15, 0.2) is 11.6 Å². The zero-order chi connectivity index (χ0) is 17.0. The highest BCUT2D eigenvalue weighted by Crippen LogP contribution is 2.33. The first kappa shape index (κ1) is 16.8. The molecule has 0 amide bonds. The van der Waals surface area contributed by atoms with E-state index < -0.39 is 0 Å². The Kier molecular flexibility index (Phi) is 5.04. The van der Waals surface area contributed by atoms with Gasteiger partial charge in [0.2, 0.25) is 0 Å². The highest BCUT2D eigenvalue weighted by atomic mass is 16.5. The molecule has 0 bridgehead atoms. The minimum Gasteiger partial charge on any atom is -0.494 e. The van der Waals surface area contributed by atoms with E-state index in [9.17, 15) is 0 Å². The molecule has 130 valence electrons. The lowest BCUT2D eigenvalue weighted by molar-refractivity contribution is -0.0602. The monoisotopic (exact) mass is 331 g/mol. The van der Waals surface area contributed by atoms with E-state index in [1.807, 2.05) is 31.2 Å². The molecule has 1 aromatic heterocycles. The Morgan fingerprint density at radius 1 is 1.21 bits per heavy atom. The molecule has 1 N–H and O–H groups in total. The lowest BCUT2D eigenvalue weighted by atomic mass is 9.88. The third kappa shape index (κ3) is 4.26. The van der Waals surface area contributed by atoms with Crippen LogP contribution in [-0.4, -0.2) is 34.0 Å². The van der Waals surface area contributed by atoms with Crippen molar-refractivity contribution in [3.8, 4) is 11.5 Å². The van der Waals surface area contributed by atoms with Crippen molar-refractivity contribution >= 4 is 0 Å². The van der Waals surface area contributed by atoms with E-state index in [0.717, 1.165) is 42.6 Å². The van der Waals surface area contributed by atoms with Crippen LogP contribution < -0.4 is 9.47 Å². The summed E-state index contributed by atoms with van der Waals surface area (Å²) >= 11 is 0. The number of nitrogens with one attached hydrogen (secondary N) is 1. The topological polar surface area (TPSA) is 69.3 Å². The van der Waals surface area contributed by atoms with Gasteiger partial charge in [0.25, 0.3) is 0 Å². The maximum atomic E-state index is 5.76. The molecule has 1 aliphatic rings. The van der Waals surface area contributed by atoms with Gasteiger partial charge in [0, 0.05) is 12.5 Å². The fourth-order valence-corrected chi connectivity index (χ4v) is 2.96. The molecular formula is C18H25N3O3. The molecule has 0 radical (unpaired) electrons. The first-order valence-corrected chi connectivity index (χ1v) is 8.46. The number of ether oxygens (including phenoxy) is 3. The van der Waals surface area contributed by atoms with Gasteiger partial charge in [0.05, 0.1) is 12.2 Å². The molecule has 3 rings (SSSR count). The first-order chi connectivity index (χ1) is 11.6. The van der Waals surface area contributed by atoms with Crippen molar-refractivity contribution in [1.82, 2.24) is 15.2 Å². The van der Waals surface area contributed by atoms with E-state index in [1.165, 1.54) is 0 Å². The van der Waals surface area contributed by atoms with Gasteiger partial charge < -0.3 is 14.2 Å². The molecular weight excluding hydrogens is 306 g/mol. The molecule has 0 spiro atoms. The van der Waals surface area contributed by atoms with Crippen molar-refractivity contribution in [2.75, 3.05) is 13.2 Å². The quantitative estimate of drug-likeness (QED) is 0.878. The van der Waals surface area contributed by atoms with Crippen LogP contribution in [0.1, 0.15) is 51.2 Å². The lowest BCUT2D eigenvalue weighted by Crippen LogP contribution is -2.33. The van der Waals surface area contributed by atoms with E-state index in [-0.39, 0.29) is 5.60 Å². The van der Waals surface area contributed by atoms with Gasteiger partial charge in [-0.25, -0.2) is 4.98 Å². The fourth-order valence-electron chi connectivity index (χ4n) is 2.96. The smallest absolute Gasteiger partial charge is 0.162 e. The Hall–Kier alpha value is -2.08. The zero-order valence-electron chi connectivity index (χ0n) is 14.5. The highest BCUT2D eigenvalue weighted by Gasteiger charge is 2.31. The van der Waals surface area contributed by atoms with E-state index >= 15 is 0 Å². The van der Waals surface area contributed by atoms with Crippen molar-refractivity contribution in [3.63, 3.8) is 0 Å². The zero-order valence-corrected chi connectivity index (χ0v) is 14.5.